The number of carbonyl (C=O) groups is 1. The molecule has 19 heavy (non-hydrogen) atoms. The van der Waals surface area contributed by atoms with Crippen molar-refractivity contribution in [3.63, 3.8) is 0 Å². The van der Waals surface area contributed by atoms with E-state index in [1.54, 1.807) is 0 Å². The number of fused-ring (bicyclic) bond motifs is 1. The summed E-state index contributed by atoms with van der Waals surface area (Å²) < 4.78 is 13.7. The van der Waals surface area contributed by atoms with Crippen LogP contribution >= 0.6 is 0 Å². The van der Waals surface area contributed by atoms with Crippen LogP contribution in [0, 0.1) is 11.7 Å². The maximum atomic E-state index is 13.7. The SMILES string of the molecule is O=C(O)c1cc(F)c2cnc(NCC3CC3)nc2c1. The Kier molecular flexibility index (Phi) is 2.77. The first-order valence-electron chi connectivity index (χ1n) is 6.07. The van der Waals surface area contributed by atoms with Gasteiger partial charge in [0.05, 0.1) is 16.5 Å². The molecule has 0 spiro atoms. The van der Waals surface area contributed by atoms with Crippen molar-refractivity contribution in [2.75, 3.05) is 11.9 Å². The zero-order valence-corrected chi connectivity index (χ0v) is 10.1. The minimum Gasteiger partial charge on any atom is -0.478 e. The third-order valence-electron chi connectivity index (χ3n) is 3.14. The smallest absolute Gasteiger partial charge is 0.335 e. The van der Waals surface area contributed by atoms with Crippen molar-refractivity contribution in [1.29, 1.82) is 0 Å². The van der Waals surface area contributed by atoms with Crippen molar-refractivity contribution >= 4 is 22.8 Å². The number of benzene rings is 1. The normalized spacial score (nSPS) is 14.6. The Morgan fingerprint density at radius 3 is 2.95 bits per heavy atom. The summed E-state index contributed by atoms with van der Waals surface area (Å²) >= 11 is 0. The van der Waals surface area contributed by atoms with E-state index in [4.69, 9.17) is 5.11 Å². The first-order chi connectivity index (χ1) is 9.13. The standard InChI is InChI=1S/C13H12FN3O2/c14-10-3-8(12(18)19)4-11-9(10)6-16-13(17-11)15-5-7-1-2-7/h3-4,6-7H,1-2,5H2,(H,18,19)(H,15,16,17). The van der Waals surface area contributed by atoms with E-state index >= 15 is 0 Å². The summed E-state index contributed by atoms with van der Waals surface area (Å²) in [4.78, 5) is 19.1. The molecule has 98 valence electrons. The molecule has 5 nitrogen and oxygen atoms in total. The van der Waals surface area contributed by atoms with Crippen LogP contribution in [0.4, 0.5) is 10.3 Å². The molecule has 1 aromatic carbocycles. The van der Waals surface area contributed by atoms with Crippen LogP contribution in [0.2, 0.25) is 0 Å². The lowest BCUT2D eigenvalue weighted by Gasteiger charge is -2.06. The van der Waals surface area contributed by atoms with E-state index in [0.29, 0.717) is 17.4 Å². The first kappa shape index (κ1) is 11.8. The highest BCUT2D eigenvalue weighted by atomic mass is 19.1. The number of nitrogens with zero attached hydrogens (tertiary/aromatic N) is 2. The summed E-state index contributed by atoms with van der Waals surface area (Å²) in [5, 5.41) is 12.2. The van der Waals surface area contributed by atoms with Gasteiger partial charge in [0.1, 0.15) is 5.82 Å². The number of carboxylic acid groups (broad SMARTS) is 1. The van der Waals surface area contributed by atoms with Crippen LogP contribution in [0.1, 0.15) is 23.2 Å². The minimum atomic E-state index is -1.17. The van der Waals surface area contributed by atoms with Gasteiger partial charge in [-0.1, -0.05) is 0 Å². The lowest BCUT2D eigenvalue weighted by atomic mass is 10.1. The molecule has 0 amide bonds. The summed E-state index contributed by atoms with van der Waals surface area (Å²) in [6.07, 6.45) is 3.79. The lowest BCUT2D eigenvalue weighted by molar-refractivity contribution is 0.0696. The zero-order chi connectivity index (χ0) is 13.4. The molecule has 0 bridgehead atoms. The summed E-state index contributed by atoms with van der Waals surface area (Å²) in [6.45, 7) is 0.798. The number of hydrogen-bond acceptors (Lipinski definition) is 4. The molecule has 0 aliphatic heterocycles. The van der Waals surface area contributed by atoms with Crippen LogP contribution in [0.25, 0.3) is 10.9 Å². The molecule has 2 aromatic rings. The molecular formula is C13H12FN3O2. The van der Waals surface area contributed by atoms with Gasteiger partial charge in [0.15, 0.2) is 0 Å². The third kappa shape index (κ3) is 2.47. The van der Waals surface area contributed by atoms with E-state index in [-0.39, 0.29) is 10.9 Å². The lowest BCUT2D eigenvalue weighted by Crippen LogP contribution is -2.07. The van der Waals surface area contributed by atoms with Gasteiger partial charge in [0.25, 0.3) is 0 Å². The number of aromatic carboxylic acids is 1. The molecule has 0 radical (unpaired) electrons. The van der Waals surface area contributed by atoms with Crippen molar-refractivity contribution in [1.82, 2.24) is 9.97 Å². The fourth-order valence-corrected chi connectivity index (χ4v) is 1.86. The highest BCUT2D eigenvalue weighted by Gasteiger charge is 2.21. The highest BCUT2D eigenvalue weighted by Crippen LogP contribution is 2.28. The summed E-state index contributed by atoms with van der Waals surface area (Å²) in [6, 6.07) is 2.33. The van der Waals surface area contributed by atoms with E-state index in [9.17, 15) is 9.18 Å². The first-order valence-corrected chi connectivity index (χ1v) is 6.07. The number of aromatic nitrogens is 2. The second kappa shape index (κ2) is 4.46. The van der Waals surface area contributed by atoms with Crippen LogP contribution in [0.15, 0.2) is 18.3 Å². The van der Waals surface area contributed by atoms with Gasteiger partial charge >= 0.3 is 5.97 Å². The van der Waals surface area contributed by atoms with Crippen molar-refractivity contribution in [3.05, 3.63) is 29.7 Å². The van der Waals surface area contributed by atoms with Gasteiger partial charge in [0, 0.05) is 12.7 Å². The van der Waals surface area contributed by atoms with Gasteiger partial charge in [-0.15, -0.1) is 0 Å². The molecule has 1 aliphatic rings. The third-order valence-corrected chi connectivity index (χ3v) is 3.14. The fourth-order valence-electron chi connectivity index (χ4n) is 1.86. The van der Waals surface area contributed by atoms with Crippen molar-refractivity contribution in [3.8, 4) is 0 Å². The molecule has 0 atom stereocenters. The van der Waals surface area contributed by atoms with E-state index < -0.39 is 11.8 Å². The number of anilines is 1. The molecule has 0 unspecified atom stereocenters. The van der Waals surface area contributed by atoms with E-state index in [1.165, 1.54) is 25.1 Å². The number of hydrogen-bond donors (Lipinski definition) is 2. The molecule has 3 rings (SSSR count). The average Bonchev–Trinajstić information content (AvgIpc) is 3.19. The van der Waals surface area contributed by atoms with Crippen LogP contribution in [-0.2, 0) is 0 Å². The van der Waals surface area contributed by atoms with Crippen LogP contribution in [0.5, 0.6) is 0 Å². The number of rotatable bonds is 4. The Morgan fingerprint density at radius 1 is 1.47 bits per heavy atom. The predicted molar refractivity (Wildman–Crippen MR) is 67.7 cm³/mol. The minimum absolute atomic E-state index is 0.114. The summed E-state index contributed by atoms with van der Waals surface area (Å²) in [7, 11) is 0. The maximum Gasteiger partial charge on any atom is 0.335 e. The zero-order valence-electron chi connectivity index (χ0n) is 10.1. The van der Waals surface area contributed by atoms with Gasteiger partial charge in [-0.25, -0.2) is 19.2 Å². The molecule has 1 heterocycles. The molecular weight excluding hydrogens is 249 g/mol. The second-order valence-corrected chi connectivity index (χ2v) is 4.71. The quantitative estimate of drug-likeness (QED) is 0.883. The van der Waals surface area contributed by atoms with Crippen molar-refractivity contribution in [2.45, 2.75) is 12.8 Å². The highest BCUT2D eigenvalue weighted by molar-refractivity contribution is 5.93. The molecule has 1 saturated carbocycles. The molecule has 2 N–H and O–H groups in total. The Hall–Kier alpha value is -2.24. The van der Waals surface area contributed by atoms with Gasteiger partial charge in [-0.3, -0.25) is 0 Å². The van der Waals surface area contributed by atoms with Crippen molar-refractivity contribution < 1.29 is 14.3 Å². The maximum absolute atomic E-state index is 13.7. The van der Waals surface area contributed by atoms with Gasteiger partial charge in [-0.05, 0) is 30.9 Å². The molecule has 1 fully saturated rings. The molecule has 6 heteroatoms. The number of nitrogens with one attached hydrogen (secondary N) is 1. The monoisotopic (exact) mass is 261 g/mol. The topological polar surface area (TPSA) is 75.1 Å². The fraction of sp³-hybridized carbons (Fsp3) is 0.308. The van der Waals surface area contributed by atoms with Gasteiger partial charge < -0.3 is 10.4 Å². The van der Waals surface area contributed by atoms with Gasteiger partial charge in [0.2, 0.25) is 5.95 Å². The summed E-state index contributed by atoms with van der Waals surface area (Å²) in [5.41, 5.74) is 0.183. The van der Waals surface area contributed by atoms with E-state index in [0.717, 1.165) is 12.6 Å². The second-order valence-electron chi connectivity index (χ2n) is 4.71. The van der Waals surface area contributed by atoms with Crippen LogP contribution < -0.4 is 5.32 Å². The Labute approximate surface area is 108 Å². The van der Waals surface area contributed by atoms with Gasteiger partial charge in [-0.2, -0.15) is 0 Å². The Morgan fingerprint density at radius 2 is 2.26 bits per heavy atom. The van der Waals surface area contributed by atoms with Crippen LogP contribution in [-0.4, -0.2) is 27.6 Å². The average molecular weight is 261 g/mol. The summed E-state index contributed by atoms with van der Waals surface area (Å²) in [5.74, 6) is -0.724. The van der Waals surface area contributed by atoms with E-state index in [2.05, 4.69) is 15.3 Å². The largest absolute Gasteiger partial charge is 0.478 e. The molecule has 1 aromatic heterocycles. The Bertz CT molecular complexity index is 656. The predicted octanol–water partition coefficient (Wildman–Crippen LogP) is 2.29. The van der Waals surface area contributed by atoms with Crippen molar-refractivity contribution in [2.24, 2.45) is 5.92 Å². The van der Waals surface area contributed by atoms with Crippen LogP contribution in [0.3, 0.4) is 0 Å². The van der Waals surface area contributed by atoms with E-state index in [1.807, 2.05) is 0 Å². The Balaban J connectivity index is 1.96. The number of halogens is 1. The molecule has 0 saturated heterocycles. The molecule has 1 aliphatic carbocycles. The number of carboxylic acids is 1.